The number of anilines is 1. The number of rotatable bonds is 4. The van der Waals surface area contributed by atoms with Crippen LogP contribution in [-0.2, 0) is 6.18 Å². The SMILES string of the molecule is O/C(=C(\C(=S)Nc1cccc(C(F)(F)F)c1)[n+]1ccccc1)c1ccccc1Br. The van der Waals surface area contributed by atoms with Crippen molar-refractivity contribution in [2.75, 3.05) is 5.32 Å². The number of pyridine rings is 1. The maximum absolute atomic E-state index is 13.0. The molecule has 0 aliphatic carbocycles. The number of nitrogens with one attached hydrogen (secondary N) is 1. The number of thiocarbonyl (C=S) groups is 1. The lowest BCUT2D eigenvalue weighted by Gasteiger charge is -2.12. The Morgan fingerprint density at radius 3 is 2.31 bits per heavy atom. The summed E-state index contributed by atoms with van der Waals surface area (Å²) in [6.45, 7) is 0. The minimum atomic E-state index is -4.47. The molecule has 29 heavy (non-hydrogen) atoms. The molecule has 1 heterocycles. The van der Waals surface area contributed by atoms with Crippen LogP contribution >= 0.6 is 28.1 Å². The highest BCUT2D eigenvalue weighted by atomic mass is 79.9. The number of alkyl halides is 3. The van der Waals surface area contributed by atoms with Crippen LogP contribution in [-0.4, -0.2) is 10.1 Å². The van der Waals surface area contributed by atoms with Crippen LogP contribution in [0, 0.1) is 0 Å². The number of aromatic nitrogens is 1. The molecule has 8 heteroatoms. The monoisotopic (exact) mass is 479 g/mol. The van der Waals surface area contributed by atoms with E-state index in [0.29, 0.717) is 10.0 Å². The Balaban J connectivity index is 2.05. The van der Waals surface area contributed by atoms with Gasteiger partial charge in [-0.25, -0.2) is 0 Å². The van der Waals surface area contributed by atoms with Crippen molar-refractivity contribution in [3.8, 4) is 0 Å². The molecule has 0 radical (unpaired) electrons. The predicted octanol–water partition coefficient (Wildman–Crippen LogP) is 6.08. The molecule has 0 fully saturated rings. The third-order valence-electron chi connectivity index (χ3n) is 3.99. The van der Waals surface area contributed by atoms with Gasteiger partial charge in [0.2, 0.25) is 0 Å². The second-order valence-electron chi connectivity index (χ2n) is 5.99. The average Bonchev–Trinajstić information content (AvgIpc) is 2.69. The normalized spacial score (nSPS) is 12.3. The molecule has 0 atom stereocenters. The summed E-state index contributed by atoms with van der Waals surface area (Å²) in [5.74, 6) is -0.127. The van der Waals surface area contributed by atoms with Crippen LogP contribution in [0.2, 0.25) is 0 Å². The van der Waals surface area contributed by atoms with Crippen LogP contribution in [0.5, 0.6) is 0 Å². The van der Waals surface area contributed by atoms with Crippen molar-refractivity contribution in [1.29, 1.82) is 0 Å². The minimum absolute atomic E-state index is 0.0637. The summed E-state index contributed by atoms with van der Waals surface area (Å²) in [5, 5.41) is 13.8. The Morgan fingerprint density at radius 1 is 0.966 bits per heavy atom. The molecule has 3 aromatic rings. The van der Waals surface area contributed by atoms with Crippen LogP contribution in [0.3, 0.4) is 0 Å². The molecule has 148 valence electrons. The van der Waals surface area contributed by atoms with Crippen molar-refractivity contribution in [1.82, 2.24) is 0 Å². The van der Waals surface area contributed by atoms with Gasteiger partial charge >= 0.3 is 6.18 Å². The third kappa shape index (κ3) is 5.02. The van der Waals surface area contributed by atoms with E-state index in [2.05, 4.69) is 21.2 Å². The van der Waals surface area contributed by atoms with Gasteiger partial charge < -0.3 is 10.4 Å². The van der Waals surface area contributed by atoms with E-state index < -0.39 is 11.7 Å². The molecule has 0 aliphatic rings. The molecule has 0 saturated carbocycles. The maximum Gasteiger partial charge on any atom is 0.416 e. The van der Waals surface area contributed by atoms with Gasteiger partial charge in [0, 0.05) is 27.9 Å². The first-order chi connectivity index (χ1) is 13.8. The van der Waals surface area contributed by atoms with E-state index in [-0.39, 0.29) is 22.1 Å². The first-order valence-electron chi connectivity index (χ1n) is 8.41. The van der Waals surface area contributed by atoms with Crippen molar-refractivity contribution in [3.05, 3.63) is 94.7 Å². The van der Waals surface area contributed by atoms with Gasteiger partial charge in [-0.3, -0.25) is 0 Å². The van der Waals surface area contributed by atoms with Gasteiger partial charge in [-0.05, 0) is 30.3 Å². The predicted molar refractivity (Wildman–Crippen MR) is 114 cm³/mol. The molecule has 0 saturated heterocycles. The molecule has 0 amide bonds. The summed E-state index contributed by atoms with van der Waals surface area (Å²) in [7, 11) is 0. The molecule has 0 aliphatic heterocycles. The van der Waals surface area contributed by atoms with Crippen LogP contribution in [0.1, 0.15) is 11.1 Å². The molecule has 0 unspecified atom stereocenters. The zero-order chi connectivity index (χ0) is 21.0. The number of hydrogen-bond donors (Lipinski definition) is 2. The summed E-state index contributed by atoms with van der Waals surface area (Å²) in [6, 6.07) is 17.0. The van der Waals surface area contributed by atoms with Crippen LogP contribution in [0.15, 0.2) is 83.6 Å². The number of nitrogens with zero attached hydrogens (tertiary/aromatic N) is 1. The lowest BCUT2D eigenvalue weighted by atomic mass is 10.1. The summed E-state index contributed by atoms with van der Waals surface area (Å²) in [5.41, 5.74) is 0.0916. The molecule has 0 spiro atoms. The van der Waals surface area contributed by atoms with E-state index in [1.165, 1.54) is 12.1 Å². The smallest absolute Gasteiger partial charge is 0.416 e. The molecule has 1 aromatic heterocycles. The number of halogens is 4. The highest BCUT2D eigenvalue weighted by Gasteiger charge is 2.31. The van der Waals surface area contributed by atoms with Gasteiger partial charge in [-0.15, -0.1) is 0 Å². The first-order valence-corrected chi connectivity index (χ1v) is 9.61. The number of aliphatic hydroxyl groups is 1. The Morgan fingerprint density at radius 2 is 1.66 bits per heavy atom. The topological polar surface area (TPSA) is 36.1 Å². The van der Waals surface area contributed by atoms with Gasteiger partial charge in [0.25, 0.3) is 5.70 Å². The third-order valence-corrected chi connectivity index (χ3v) is 4.98. The summed E-state index contributed by atoms with van der Waals surface area (Å²) < 4.78 is 41.3. The highest BCUT2D eigenvalue weighted by molar-refractivity contribution is 9.10. The number of hydrogen-bond acceptors (Lipinski definition) is 2. The Hall–Kier alpha value is -2.71. The van der Waals surface area contributed by atoms with Gasteiger partial charge in [0.1, 0.15) is 0 Å². The van der Waals surface area contributed by atoms with E-state index in [1.807, 2.05) is 0 Å². The summed E-state index contributed by atoms with van der Waals surface area (Å²) >= 11 is 8.84. The zero-order valence-corrected chi connectivity index (χ0v) is 17.2. The lowest BCUT2D eigenvalue weighted by molar-refractivity contribution is -0.575. The first kappa shape index (κ1) is 21.0. The Kier molecular flexibility index (Phi) is 6.34. The molecular weight excluding hydrogens is 465 g/mol. The zero-order valence-electron chi connectivity index (χ0n) is 14.8. The quantitative estimate of drug-likeness (QED) is 0.206. The van der Waals surface area contributed by atoms with Crippen molar-refractivity contribution < 1.29 is 22.8 Å². The van der Waals surface area contributed by atoms with Gasteiger partial charge in [0.05, 0.1) is 5.56 Å². The fourth-order valence-electron chi connectivity index (χ4n) is 2.64. The second kappa shape index (κ2) is 8.75. The molecule has 3 rings (SSSR count). The van der Waals surface area contributed by atoms with Crippen LogP contribution < -0.4 is 9.88 Å². The maximum atomic E-state index is 13.0. The van der Waals surface area contributed by atoms with Gasteiger partial charge in [-0.1, -0.05) is 52.4 Å². The Labute approximate surface area is 179 Å². The van der Waals surface area contributed by atoms with E-state index in [1.54, 1.807) is 59.4 Å². The largest absolute Gasteiger partial charge is 0.502 e. The number of aliphatic hydroxyl groups excluding tert-OH is 1. The fourth-order valence-corrected chi connectivity index (χ4v) is 3.43. The van der Waals surface area contributed by atoms with Crippen molar-refractivity contribution in [2.45, 2.75) is 6.18 Å². The standard InChI is InChI=1S/C21H14BrF3N2OS/c22-17-10-3-2-9-16(17)19(28)18(27-11-4-1-5-12-27)20(29)26-15-8-6-7-14(13-15)21(23,24)25/h1-13H,(H-,26,28,29)/p+1. The number of benzene rings is 2. The van der Waals surface area contributed by atoms with Crippen LogP contribution in [0.25, 0.3) is 11.5 Å². The second-order valence-corrected chi connectivity index (χ2v) is 7.26. The molecular formula is C21H15BrF3N2OS+. The van der Waals surface area contributed by atoms with E-state index in [4.69, 9.17) is 12.2 Å². The summed E-state index contributed by atoms with van der Waals surface area (Å²) in [4.78, 5) is 0.0637. The Bertz CT molecular complexity index is 1070. The molecule has 0 bridgehead atoms. The minimum Gasteiger partial charge on any atom is -0.502 e. The van der Waals surface area contributed by atoms with E-state index in [9.17, 15) is 18.3 Å². The fraction of sp³-hybridized carbons (Fsp3) is 0.0476. The molecule has 2 N–H and O–H groups in total. The van der Waals surface area contributed by atoms with Crippen molar-refractivity contribution in [3.63, 3.8) is 0 Å². The van der Waals surface area contributed by atoms with Gasteiger partial charge in [-0.2, -0.15) is 17.7 Å². The van der Waals surface area contributed by atoms with Crippen molar-refractivity contribution >= 4 is 50.3 Å². The van der Waals surface area contributed by atoms with E-state index in [0.717, 1.165) is 12.1 Å². The van der Waals surface area contributed by atoms with Gasteiger partial charge in [0.15, 0.2) is 23.1 Å². The highest BCUT2D eigenvalue weighted by Crippen LogP contribution is 2.31. The van der Waals surface area contributed by atoms with E-state index >= 15 is 0 Å². The summed E-state index contributed by atoms with van der Waals surface area (Å²) in [6.07, 6.45) is -1.10. The average molecular weight is 480 g/mol. The molecule has 3 nitrogen and oxygen atoms in total. The lowest BCUT2D eigenvalue weighted by Crippen LogP contribution is -2.38. The van der Waals surface area contributed by atoms with Crippen molar-refractivity contribution in [2.24, 2.45) is 0 Å². The molecule has 2 aromatic carbocycles. The van der Waals surface area contributed by atoms with Crippen LogP contribution in [0.4, 0.5) is 18.9 Å².